The number of rotatable bonds is 4. The lowest BCUT2D eigenvalue weighted by Crippen LogP contribution is -2.26. The van der Waals surface area contributed by atoms with E-state index >= 15 is 0 Å². The Morgan fingerprint density at radius 3 is 2.95 bits per heavy atom. The number of hydrogen-bond acceptors (Lipinski definition) is 4. The van der Waals surface area contributed by atoms with Crippen molar-refractivity contribution in [2.75, 3.05) is 12.3 Å². The van der Waals surface area contributed by atoms with Crippen LogP contribution in [0.25, 0.3) is 0 Å². The van der Waals surface area contributed by atoms with Gasteiger partial charge in [0, 0.05) is 28.5 Å². The fourth-order valence-corrected chi connectivity index (χ4v) is 2.69. The maximum atomic E-state index is 11.9. The van der Waals surface area contributed by atoms with Crippen molar-refractivity contribution in [2.45, 2.75) is 13.3 Å². The zero-order chi connectivity index (χ0) is 13.8. The summed E-state index contributed by atoms with van der Waals surface area (Å²) in [6, 6.07) is 5.23. The molecule has 0 fully saturated rings. The number of hydrogen-bond donors (Lipinski definition) is 2. The van der Waals surface area contributed by atoms with E-state index in [0.717, 1.165) is 21.6 Å². The number of aromatic nitrogens is 1. The average molecular weight is 340 g/mol. The van der Waals surface area contributed by atoms with Gasteiger partial charge in [-0.1, -0.05) is 15.9 Å². The van der Waals surface area contributed by atoms with E-state index in [2.05, 4.69) is 26.2 Å². The quantitative estimate of drug-likeness (QED) is 0.841. The third kappa shape index (κ3) is 3.78. The molecule has 0 aliphatic rings. The highest BCUT2D eigenvalue weighted by atomic mass is 79.9. The van der Waals surface area contributed by atoms with Crippen molar-refractivity contribution in [3.63, 3.8) is 0 Å². The summed E-state index contributed by atoms with van der Waals surface area (Å²) < 4.78 is 0.861. The SMILES string of the molecule is Cc1nc(CCNC(=O)c2ccc(Br)cc2N)cs1. The molecule has 100 valence electrons. The maximum Gasteiger partial charge on any atom is 0.253 e. The second-order valence-electron chi connectivity index (χ2n) is 4.10. The van der Waals surface area contributed by atoms with E-state index in [1.165, 1.54) is 0 Å². The third-order valence-electron chi connectivity index (χ3n) is 2.59. The first-order valence-electron chi connectivity index (χ1n) is 5.80. The lowest BCUT2D eigenvalue weighted by molar-refractivity contribution is 0.0955. The van der Waals surface area contributed by atoms with Crippen molar-refractivity contribution >= 4 is 38.9 Å². The molecule has 0 saturated heterocycles. The van der Waals surface area contributed by atoms with E-state index in [0.29, 0.717) is 17.8 Å². The highest BCUT2D eigenvalue weighted by molar-refractivity contribution is 9.10. The fourth-order valence-electron chi connectivity index (χ4n) is 1.66. The van der Waals surface area contributed by atoms with Crippen molar-refractivity contribution in [1.82, 2.24) is 10.3 Å². The van der Waals surface area contributed by atoms with E-state index in [-0.39, 0.29) is 5.91 Å². The summed E-state index contributed by atoms with van der Waals surface area (Å²) in [5, 5.41) is 5.90. The molecule has 0 aliphatic heterocycles. The van der Waals surface area contributed by atoms with Crippen LogP contribution >= 0.6 is 27.3 Å². The number of nitrogens with zero attached hydrogens (tertiary/aromatic N) is 1. The summed E-state index contributed by atoms with van der Waals surface area (Å²) in [4.78, 5) is 16.3. The van der Waals surface area contributed by atoms with Crippen LogP contribution in [0.15, 0.2) is 28.1 Å². The highest BCUT2D eigenvalue weighted by Gasteiger charge is 2.09. The minimum absolute atomic E-state index is 0.156. The number of carbonyl (C=O) groups excluding carboxylic acids is 1. The van der Waals surface area contributed by atoms with Gasteiger partial charge in [0.25, 0.3) is 5.91 Å². The first-order chi connectivity index (χ1) is 9.06. The zero-order valence-corrected chi connectivity index (χ0v) is 12.8. The molecule has 0 bridgehead atoms. The molecule has 1 heterocycles. The van der Waals surface area contributed by atoms with Gasteiger partial charge in [-0.3, -0.25) is 4.79 Å². The molecule has 1 aromatic heterocycles. The van der Waals surface area contributed by atoms with E-state index in [1.54, 1.807) is 29.5 Å². The summed E-state index contributed by atoms with van der Waals surface area (Å²) in [5.74, 6) is -0.156. The van der Waals surface area contributed by atoms with Crippen LogP contribution in [0, 0.1) is 6.92 Å². The topological polar surface area (TPSA) is 68.0 Å². The predicted octanol–water partition coefficient (Wildman–Crippen LogP) is 2.77. The van der Waals surface area contributed by atoms with Crippen molar-refractivity contribution in [1.29, 1.82) is 0 Å². The van der Waals surface area contributed by atoms with Gasteiger partial charge in [0.2, 0.25) is 0 Å². The number of anilines is 1. The third-order valence-corrected chi connectivity index (χ3v) is 3.91. The molecule has 0 radical (unpaired) electrons. The minimum atomic E-state index is -0.156. The van der Waals surface area contributed by atoms with Crippen molar-refractivity contribution in [2.24, 2.45) is 0 Å². The molecule has 0 unspecified atom stereocenters. The predicted molar refractivity (Wildman–Crippen MR) is 81.4 cm³/mol. The van der Waals surface area contributed by atoms with Gasteiger partial charge >= 0.3 is 0 Å². The highest BCUT2D eigenvalue weighted by Crippen LogP contribution is 2.18. The van der Waals surface area contributed by atoms with E-state index in [4.69, 9.17) is 5.73 Å². The van der Waals surface area contributed by atoms with Crippen LogP contribution in [-0.4, -0.2) is 17.4 Å². The van der Waals surface area contributed by atoms with Gasteiger partial charge in [-0.2, -0.15) is 0 Å². The van der Waals surface area contributed by atoms with Crippen LogP contribution in [-0.2, 0) is 6.42 Å². The smallest absolute Gasteiger partial charge is 0.253 e. The summed E-state index contributed by atoms with van der Waals surface area (Å²) in [5.41, 5.74) is 7.78. The Kier molecular flexibility index (Phi) is 4.55. The molecule has 1 aromatic carbocycles. The monoisotopic (exact) mass is 339 g/mol. The second-order valence-corrected chi connectivity index (χ2v) is 6.07. The molecule has 0 spiro atoms. The fraction of sp³-hybridized carbons (Fsp3) is 0.231. The first kappa shape index (κ1) is 14.0. The van der Waals surface area contributed by atoms with Gasteiger partial charge in [0.15, 0.2) is 0 Å². The standard InChI is InChI=1S/C13H14BrN3OS/c1-8-17-10(7-19-8)4-5-16-13(18)11-3-2-9(14)6-12(11)15/h2-3,6-7H,4-5,15H2,1H3,(H,16,18). The molecule has 2 aromatic rings. The van der Waals surface area contributed by atoms with Gasteiger partial charge in [-0.25, -0.2) is 4.98 Å². The summed E-state index contributed by atoms with van der Waals surface area (Å²) in [6.45, 7) is 2.52. The second kappa shape index (κ2) is 6.16. The Morgan fingerprint density at radius 1 is 1.53 bits per heavy atom. The number of carbonyl (C=O) groups is 1. The average Bonchev–Trinajstić information content (AvgIpc) is 2.75. The van der Waals surface area contributed by atoms with Gasteiger partial charge in [0.05, 0.1) is 16.3 Å². The Hall–Kier alpha value is -1.40. The van der Waals surface area contributed by atoms with Crippen LogP contribution in [0.2, 0.25) is 0 Å². The molecule has 3 N–H and O–H groups in total. The number of thiazole rings is 1. The molecule has 6 heteroatoms. The molecular weight excluding hydrogens is 326 g/mol. The number of amides is 1. The summed E-state index contributed by atoms with van der Waals surface area (Å²) in [6.07, 6.45) is 0.729. The lowest BCUT2D eigenvalue weighted by Gasteiger charge is -2.07. The van der Waals surface area contributed by atoms with E-state index in [9.17, 15) is 4.79 Å². The van der Waals surface area contributed by atoms with Gasteiger partial charge in [-0.05, 0) is 25.1 Å². The van der Waals surface area contributed by atoms with Crippen LogP contribution in [0.4, 0.5) is 5.69 Å². The Labute approximate surface area is 124 Å². The molecule has 2 rings (SSSR count). The van der Waals surface area contributed by atoms with Crippen LogP contribution in [0.3, 0.4) is 0 Å². The Bertz CT molecular complexity index is 597. The Balaban J connectivity index is 1.90. The number of aryl methyl sites for hydroxylation is 1. The van der Waals surface area contributed by atoms with E-state index < -0.39 is 0 Å². The molecule has 4 nitrogen and oxygen atoms in total. The van der Waals surface area contributed by atoms with Crippen LogP contribution in [0.5, 0.6) is 0 Å². The normalized spacial score (nSPS) is 10.4. The number of nitrogens with two attached hydrogens (primary N) is 1. The van der Waals surface area contributed by atoms with Gasteiger partial charge in [-0.15, -0.1) is 11.3 Å². The van der Waals surface area contributed by atoms with Crippen LogP contribution in [0.1, 0.15) is 21.1 Å². The molecule has 0 atom stereocenters. The Morgan fingerprint density at radius 2 is 2.32 bits per heavy atom. The van der Waals surface area contributed by atoms with Crippen molar-refractivity contribution < 1.29 is 4.79 Å². The van der Waals surface area contributed by atoms with Gasteiger partial charge in [0.1, 0.15) is 0 Å². The van der Waals surface area contributed by atoms with Crippen molar-refractivity contribution in [3.05, 3.63) is 44.3 Å². The van der Waals surface area contributed by atoms with Crippen molar-refractivity contribution in [3.8, 4) is 0 Å². The summed E-state index contributed by atoms with van der Waals surface area (Å²) >= 11 is 4.93. The minimum Gasteiger partial charge on any atom is -0.398 e. The lowest BCUT2D eigenvalue weighted by atomic mass is 10.1. The van der Waals surface area contributed by atoms with E-state index in [1.807, 2.05) is 12.3 Å². The molecule has 0 aliphatic carbocycles. The summed E-state index contributed by atoms with van der Waals surface area (Å²) in [7, 11) is 0. The number of nitrogen functional groups attached to an aromatic ring is 1. The number of nitrogens with one attached hydrogen (secondary N) is 1. The molecule has 19 heavy (non-hydrogen) atoms. The molecule has 0 saturated carbocycles. The maximum absolute atomic E-state index is 11.9. The first-order valence-corrected chi connectivity index (χ1v) is 7.48. The van der Waals surface area contributed by atoms with Crippen LogP contribution < -0.4 is 11.1 Å². The molecule has 1 amide bonds. The van der Waals surface area contributed by atoms with Gasteiger partial charge < -0.3 is 11.1 Å². The zero-order valence-electron chi connectivity index (χ0n) is 10.4. The molecular formula is C13H14BrN3OS. The number of halogens is 1. The largest absolute Gasteiger partial charge is 0.398 e. The number of benzene rings is 1.